The minimum atomic E-state index is -0.682. The van der Waals surface area contributed by atoms with Crippen molar-refractivity contribution >= 4 is 39.5 Å². The second kappa shape index (κ2) is 7.88. The molecule has 4 aromatic rings. The molecule has 2 amide bonds. The molecule has 0 aliphatic rings. The summed E-state index contributed by atoms with van der Waals surface area (Å²) in [6.45, 7) is 1.66. The molecule has 0 bridgehead atoms. The average Bonchev–Trinajstić information content (AvgIpc) is 3.10. The van der Waals surface area contributed by atoms with E-state index in [4.69, 9.17) is 0 Å². The molecular formula is C21H15FN4O3S. The van der Waals surface area contributed by atoms with Gasteiger partial charge in [-0.1, -0.05) is 29.5 Å². The molecule has 0 spiro atoms. The maximum Gasteiger partial charge on any atom is 0.274 e. The summed E-state index contributed by atoms with van der Waals surface area (Å²) in [5, 5.41) is 5.32. The van der Waals surface area contributed by atoms with Crippen molar-refractivity contribution in [2.24, 2.45) is 0 Å². The summed E-state index contributed by atoms with van der Waals surface area (Å²) < 4.78 is 14.3. The van der Waals surface area contributed by atoms with Gasteiger partial charge in [0.05, 0.1) is 0 Å². The molecule has 4 rings (SSSR count). The number of hydrogen-bond acceptors (Lipinski definition) is 5. The van der Waals surface area contributed by atoms with Crippen molar-refractivity contribution in [3.05, 3.63) is 93.1 Å². The summed E-state index contributed by atoms with van der Waals surface area (Å²) in [5.74, 6) is -1.68. The number of benzene rings is 2. The molecule has 0 unspecified atom stereocenters. The van der Waals surface area contributed by atoms with Crippen molar-refractivity contribution in [2.75, 3.05) is 10.6 Å². The number of aryl methyl sites for hydroxylation is 1. The number of carbonyl (C=O) groups is 2. The molecule has 2 heterocycles. The average molecular weight is 422 g/mol. The predicted octanol–water partition coefficient (Wildman–Crippen LogP) is 3.71. The van der Waals surface area contributed by atoms with Gasteiger partial charge in [0.15, 0.2) is 4.96 Å². The fourth-order valence-electron chi connectivity index (χ4n) is 2.88. The van der Waals surface area contributed by atoms with Crippen LogP contribution >= 0.6 is 11.3 Å². The van der Waals surface area contributed by atoms with Crippen molar-refractivity contribution in [2.45, 2.75) is 6.92 Å². The van der Waals surface area contributed by atoms with Crippen LogP contribution in [-0.4, -0.2) is 21.2 Å². The van der Waals surface area contributed by atoms with E-state index < -0.39 is 23.2 Å². The van der Waals surface area contributed by atoms with Crippen LogP contribution in [0.2, 0.25) is 0 Å². The maximum absolute atomic E-state index is 13.2. The van der Waals surface area contributed by atoms with Crippen LogP contribution in [0.5, 0.6) is 0 Å². The predicted molar refractivity (Wildman–Crippen MR) is 113 cm³/mol. The molecule has 0 saturated carbocycles. The summed E-state index contributed by atoms with van der Waals surface area (Å²) >= 11 is 0.940. The van der Waals surface area contributed by atoms with Gasteiger partial charge >= 0.3 is 0 Å². The number of anilines is 2. The quantitative estimate of drug-likeness (QED) is 0.524. The summed E-state index contributed by atoms with van der Waals surface area (Å²) in [4.78, 5) is 43.1. The molecule has 150 valence electrons. The molecular weight excluding hydrogens is 407 g/mol. The Morgan fingerprint density at radius 1 is 0.967 bits per heavy atom. The minimum Gasteiger partial charge on any atom is -0.321 e. The third kappa shape index (κ3) is 3.83. The number of thiazole rings is 1. The van der Waals surface area contributed by atoms with Crippen LogP contribution in [0.1, 0.15) is 25.9 Å². The SMILES string of the molecule is Cc1cc(=O)n2c(C(=O)Nc3ccc(F)cc3)c(C(=O)Nc3ccccc3)sc2n1. The lowest BCUT2D eigenvalue weighted by Gasteiger charge is -2.08. The number of nitrogens with zero attached hydrogens (tertiary/aromatic N) is 2. The zero-order chi connectivity index (χ0) is 21.3. The highest BCUT2D eigenvalue weighted by molar-refractivity contribution is 7.19. The lowest BCUT2D eigenvalue weighted by Crippen LogP contribution is -2.25. The first-order valence-electron chi connectivity index (χ1n) is 8.89. The number of amides is 2. The van der Waals surface area contributed by atoms with Gasteiger partial charge < -0.3 is 10.6 Å². The van der Waals surface area contributed by atoms with Gasteiger partial charge in [-0.3, -0.25) is 14.4 Å². The minimum absolute atomic E-state index is 0.0358. The molecule has 9 heteroatoms. The summed E-state index contributed by atoms with van der Waals surface area (Å²) in [6, 6.07) is 15.2. The first-order valence-corrected chi connectivity index (χ1v) is 9.70. The molecule has 2 N–H and O–H groups in total. The van der Waals surface area contributed by atoms with E-state index in [0.717, 1.165) is 15.7 Å². The van der Waals surface area contributed by atoms with Gasteiger partial charge in [0.2, 0.25) is 0 Å². The molecule has 0 aliphatic heterocycles. The van der Waals surface area contributed by atoms with Gasteiger partial charge in [0.1, 0.15) is 16.4 Å². The standard InChI is InChI=1S/C21H15FN4O3S/c1-12-11-16(27)26-17(19(28)24-15-9-7-13(22)8-10-15)18(30-21(26)23-12)20(29)25-14-5-3-2-4-6-14/h2-11H,1H3,(H,24,28)(H,25,29). The van der Waals surface area contributed by atoms with Crippen molar-refractivity contribution in [3.8, 4) is 0 Å². The van der Waals surface area contributed by atoms with Crippen LogP contribution in [0.25, 0.3) is 4.96 Å². The first-order chi connectivity index (χ1) is 14.4. The lowest BCUT2D eigenvalue weighted by atomic mass is 10.2. The molecule has 2 aromatic heterocycles. The van der Waals surface area contributed by atoms with Crippen molar-refractivity contribution < 1.29 is 14.0 Å². The van der Waals surface area contributed by atoms with Crippen LogP contribution < -0.4 is 16.2 Å². The van der Waals surface area contributed by atoms with Gasteiger partial charge in [0.25, 0.3) is 17.4 Å². The number of hydrogen-bond donors (Lipinski definition) is 2. The van der Waals surface area contributed by atoms with Crippen LogP contribution in [0.15, 0.2) is 65.5 Å². The Bertz CT molecular complexity index is 1310. The molecule has 0 fully saturated rings. The van der Waals surface area contributed by atoms with E-state index in [-0.39, 0.29) is 15.5 Å². The van der Waals surface area contributed by atoms with E-state index in [0.29, 0.717) is 17.1 Å². The van der Waals surface area contributed by atoms with Gasteiger partial charge in [-0.2, -0.15) is 0 Å². The fraction of sp³-hybridized carbons (Fsp3) is 0.0476. The number of aromatic nitrogens is 2. The van der Waals surface area contributed by atoms with E-state index in [1.807, 2.05) is 6.07 Å². The first kappa shape index (κ1) is 19.5. The topological polar surface area (TPSA) is 92.6 Å². The van der Waals surface area contributed by atoms with Crippen molar-refractivity contribution in [1.29, 1.82) is 0 Å². The molecule has 0 saturated heterocycles. The number of para-hydroxylation sites is 1. The third-order valence-corrected chi connectivity index (χ3v) is 5.24. The Kier molecular flexibility index (Phi) is 5.11. The summed E-state index contributed by atoms with van der Waals surface area (Å²) in [7, 11) is 0. The summed E-state index contributed by atoms with van der Waals surface area (Å²) in [6.07, 6.45) is 0. The van der Waals surface area contributed by atoms with E-state index in [2.05, 4.69) is 15.6 Å². The van der Waals surface area contributed by atoms with Crippen LogP contribution in [0, 0.1) is 12.7 Å². The second-order valence-electron chi connectivity index (χ2n) is 6.41. The Labute approximate surface area is 173 Å². The Hall–Kier alpha value is -3.85. The molecule has 0 atom stereocenters. The Morgan fingerprint density at radius 3 is 2.30 bits per heavy atom. The van der Waals surface area contributed by atoms with Gasteiger partial charge in [-0.25, -0.2) is 13.8 Å². The van der Waals surface area contributed by atoms with Crippen molar-refractivity contribution in [1.82, 2.24) is 9.38 Å². The highest BCUT2D eigenvalue weighted by atomic mass is 32.1. The van der Waals surface area contributed by atoms with Gasteiger partial charge in [-0.05, 0) is 43.3 Å². The highest BCUT2D eigenvalue weighted by Gasteiger charge is 2.26. The monoisotopic (exact) mass is 422 g/mol. The number of nitrogens with one attached hydrogen (secondary N) is 2. The molecule has 0 aliphatic carbocycles. The normalized spacial score (nSPS) is 10.7. The second-order valence-corrected chi connectivity index (χ2v) is 7.39. The maximum atomic E-state index is 13.2. The third-order valence-electron chi connectivity index (χ3n) is 4.20. The van der Waals surface area contributed by atoms with Gasteiger partial charge in [-0.15, -0.1) is 0 Å². The molecule has 30 heavy (non-hydrogen) atoms. The largest absolute Gasteiger partial charge is 0.321 e. The van der Waals surface area contributed by atoms with Gasteiger partial charge in [0, 0.05) is 23.1 Å². The zero-order valence-electron chi connectivity index (χ0n) is 15.7. The molecule has 2 aromatic carbocycles. The van der Waals surface area contributed by atoms with E-state index in [9.17, 15) is 18.8 Å². The summed E-state index contributed by atoms with van der Waals surface area (Å²) in [5.41, 5.74) is 0.730. The van der Waals surface area contributed by atoms with Crippen LogP contribution in [0.4, 0.5) is 15.8 Å². The van der Waals surface area contributed by atoms with E-state index in [1.54, 1.807) is 31.2 Å². The van der Waals surface area contributed by atoms with Crippen LogP contribution in [-0.2, 0) is 0 Å². The van der Waals surface area contributed by atoms with Crippen LogP contribution in [0.3, 0.4) is 0 Å². The zero-order valence-corrected chi connectivity index (χ0v) is 16.5. The number of carbonyl (C=O) groups excluding carboxylic acids is 2. The smallest absolute Gasteiger partial charge is 0.274 e. The van der Waals surface area contributed by atoms with E-state index >= 15 is 0 Å². The number of halogens is 1. The molecule has 7 nitrogen and oxygen atoms in total. The number of rotatable bonds is 4. The Balaban J connectivity index is 1.80. The molecule has 0 radical (unpaired) electrons. The van der Waals surface area contributed by atoms with E-state index in [1.165, 1.54) is 30.3 Å². The Morgan fingerprint density at radius 2 is 1.60 bits per heavy atom. The van der Waals surface area contributed by atoms with Crippen molar-refractivity contribution in [3.63, 3.8) is 0 Å². The number of fused-ring (bicyclic) bond motifs is 1. The highest BCUT2D eigenvalue weighted by Crippen LogP contribution is 2.24. The fourth-order valence-corrected chi connectivity index (χ4v) is 3.95. The lowest BCUT2D eigenvalue weighted by molar-refractivity contribution is 0.0989.